The van der Waals surface area contributed by atoms with E-state index in [9.17, 15) is 5.11 Å². The van der Waals surface area contributed by atoms with E-state index in [0.29, 0.717) is 6.04 Å². The van der Waals surface area contributed by atoms with E-state index in [1.54, 1.807) is 0 Å². The lowest BCUT2D eigenvalue weighted by Crippen LogP contribution is -2.42. The molecule has 1 saturated carbocycles. The van der Waals surface area contributed by atoms with Crippen LogP contribution in [-0.2, 0) is 0 Å². The maximum atomic E-state index is 10.2. The predicted octanol–water partition coefficient (Wildman–Crippen LogP) is 2.41. The fourth-order valence-corrected chi connectivity index (χ4v) is 2.45. The summed E-state index contributed by atoms with van der Waals surface area (Å²) in [7, 11) is 2.14. The van der Waals surface area contributed by atoms with Gasteiger partial charge in [-0.25, -0.2) is 0 Å². The Morgan fingerprint density at radius 2 is 1.93 bits per heavy atom. The van der Waals surface area contributed by atoms with Gasteiger partial charge in [0.25, 0.3) is 0 Å². The lowest BCUT2D eigenvalue weighted by atomic mass is 10.0. The van der Waals surface area contributed by atoms with Gasteiger partial charge in [0.2, 0.25) is 0 Å². The molecule has 14 heavy (non-hydrogen) atoms. The van der Waals surface area contributed by atoms with Crippen molar-refractivity contribution in [1.82, 2.24) is 4.90 Å². The van der Waals surface area contributed by atoms with Crippen molar-refractivity contribution in [2.24, 2.45) is 0 Å². The Morgan fingerprint density at radius 3 is 2.43 bits per heavy atom. The molecule has 0 radical (unpaired) electrons. The van der Waals surface area contributed by atoms with Crippen LogP contribution in [0.1, 0.15) is 52.4 Å². The minimum atomic E-state index is -0.378. The molecule has 0 saturated heterocycles. The number of nitrogens with zero attached hydrogens (tertiary/aromatic N) is 1. The molecule has 1 aliphatic carbocycles. The molecule has 0 aromatic rings. The third-order valence-corrected chi connectivity index (χ3v) is 3.54. The van der Waals surface area contributed by atoms with Gasteiger partial charge < -0.3 is 10.0 Å². The minimum Gasteiger partial charge on any atom is -0.389 e. The highest BCUT2D eigenvalue weighted by molar-refractivity contribution is 4.87. The van der Waals surface area contributed by atoms with Gasteiger partial charge in [-0.15, -0.1) is 0 Å². The van der Waals surface area contributed by atoms with Gasteiger partial charge in [-0.3, -0.25) is 0 Å². The normalized spacial score (nSPS) is 22.9. The first kappa shape index (κ1) is 12.0. The number of likely N-dealkylation sites (N-methyl/N-ethyl adjacent to an activating group) is 1. The lowest BCUT2D eigenvalue weighted by molar-refractivity contribution is 0.00627. The Morgan fingerprint density at radius 1 is 1.36 bits per heavy atom. The van der Waals surface area contributed by atoms with Gasteiger partial charge in [-0.05, 0) is 33.2 Å². The zero-order chi connectivity index (χ0) is 10.6. The summed E-state index contributed by atoms with van der Waals surface area (Å²) >= 11 is 0. The summed E-state index contributed by atoms with van der Waals surface area (Å²) in [4.78, 5) is 2.31. The molecule has 84 valence electrons. The van der Waals surface area contributed by atoms with Crippen molar-refractivity contribution in [3.8, 4) is 0 Å². The largest absolute Gasteiger partial charge is 0.389 e. The first-order chi connectivity index (χ1) is 6.57. The molecule has 0 bridgehead atoms. The van der Waals surface area contributed by atoms with Crippen LogP contribution in [0.25, 0.3) is 0 Å². The third-order valence-electron chi connectivity index (χ3n) is 3.54. The maximum Gasteiger partial charge on any atom is 0.0774 e. The van der Waals surface area contributed by atoms with E-state index < -0.39 is 0 Å². The number of hydrogen-bond acceptors (Lipinski definition) is 2. The van der Waals surface area contributed by atoms with Crippen LogP contribution >= 0.6 is 0 Å². The van der Waals surface area contributed by atoms with Crippen LogP contribution in [-0.4, -0.2) is 35.2 Å². The van der Waals surface area contributed by atoms with Crippen molar-refractivity contribution in [1.29, 1.82) is 0 Å². The second kappa shape index (κ2) is 5.13. The molecule has 2 nitrogen and oxygen atoms in total. The highest BCUT2D eigenvalue weighted by atomic mass is 16.3. The van der Waals surface area contributed by atoms with Gasteiger partial charge in [0.15, 0.2) is 0 Å². The van der Waals surface area contributed by atoms with Gasteiger partial charge >= 0.3 is 0 Å². The summed E-state index contributed by atoms with van der Waals surface area (Å²) in [5.74, 6) is 0. The molecule has 1 atom stereocenters. The quantitative estimate of drug-likeness (QED) is 0.735. The molecule has 1 rings (SSSR count). The molecule has 0 heterocycles. The molecule has 1 N–H and O–H groups in total. The van der Waals surface area contributed by atoms with Crippen molar-refractivity contribution in [2.45, 2.75) is 64.0 Å². The van der Waals surface area contributed by atoms with Crippen LogP contribution in [0.3, 0.4) is 0 Å². The molecule has 0 aromatic heterocycles. The van der Waals surface area contributed by atoms with Crippen LogP contribution in [0.4, 0.5) is 0 Å². The van der Waals surface area contributed by atoms with E-state index >= 15 is 0 Å². The first-order valence-corrected chi connectivity index (χ1v) is 6.00. The van der Waals surface area contributed by atoms with Crippen LogP contribution < -0.4 is 0 Å². The molecule has 0 amide bonds. The van der Waals surface area contributed by atoms with Gasteiger partial charge in [-0.2, -0.15) is 0 Å². The highest BCUT2D eigenvalue weighted by Crippen LogP contribution is 2.30. The standard InChI is InChI=1S/C12H25NO/c1-4-7-11(2)13(3)10-12(14)8-5-6-9-12/h11,14H,4-10H2,1-3H3. The van der Waals surface area contributed by atoms with E-state index in [1.807, 2.05) is 0 Å². The zero-order valence-electron chi connectivity index (χ0n) is 9.92. The van der Waals surface area contributed by atoms with Crippen molar-refractivity contribution in [2.75, 3.05) is 13.6 Å². The number of hydrogen-bond donors (Lipinski definition) is 1. The predicted molar refractivity (Wildman–Crippen MR) is 60.4 cm³/mol. The van der Waals surface area contributed by atoms with Crippen LogP contribution in [0.5, 0.6) is 0 Å². The van der Waals surface area contributed by atoms with E-state index in [0.717, 1.165) is 19.4 Å². The molecule has 2 heteroatoms. The molecule has 0 spiro atoms. The molecular weight excluding hydrogens is 174 g/mol. The van der Waals surface area contributed by atoms with E-state index in [-0.39, 0.29) is 5.60 Å². The fourth-order valence-electron chi connectivity index (χ4n) is 2.45. The smallest absolute Gasteiger partial charge is 0.0774 e. The molecule has 1 aliphatic rings. The second-order valence-electron chi connectivity index (χ2n) is 4.98. The lowest BCUT2D eigenvalue weighted by Gasteiger charge is -2.32. The van der Waals surface area contributed by atoms with E-state index in [2.05, 4.69) is 25.8 Å². The van der Waals surface area contributed by atoms with E-state index in [4.69, 9.17) is 0 Å². The second-order valence-corrected chi connectivity index (χ2v) is 4.98. The maximum absolute atomic E-state index is 10.2. The number of rotatable bonds is 5. The van der Waals surface area contributed by atoms with Crippen LogP contribution in [0, 0.1) is 0 Å². The molecular formula is C12H25NO. The van der Waals surface area contributed by atoms with Crippen molar-refractivity contribution >= 4 is 0 Å². The fraction of sp³-hybridized carbons (Fsp3) is 1.00. The highest BCUT2D eigenvalue weighted by Gasteiger charge is 2.32. The van der Waals surface area contributed by atoms with Gasteiger partial charge in [0.1, 0.15) is 0 Å². The molecule has 0 aliphatic heterocycles. The minimum absolute atomic E-state index is 0.378. The van der Waals surface area contributed by atoms with Crippen molar-refractivity contribution in [3.05, 3.63) is 0 Å². The zero-order valence-corrected chi connectivity index (χ0v) is 9.92. The Hall–Kier alpha value is -0.0800. The molecule has 1 fully saturated rings. The van der Waals surface area contributed by atoms with Crippen LogP contribution in [0.15, 0.2) is 0 Å². The third kappa shape index (κ3) is 3.25. The Labute approximate surface area is 88.3 Å². The van der Waals surface area contributed by atoms with E-state index in [1.165, 1.54) is 25.7 Å². The summed E-state index contributed by atoms with van der Waals surface area (Å²) in [6.45, 7) is 5.32. The summed E-state index contributed by atoms with van der Waals surface area (Å²) in [5, 5.41) is 10.2. The average Bonchev–Trinajstić information content (AvgIpc) is 2.52. The van der Waals surface area contributed by atoms with Crippen molar-refractivity contribution in [3.63, 3.8) is 0 Å². The molecule has 0 aromatic carbocycles. The Kier molecular flexibility index (Phi) is 4.39. The van der Waals surface area contributed by atoms with Gasteiger partial charge in [-0.1, -0.05) is 26.2 Å². The average molecular weight is 199 g/mol. The van der Waals surface area contributed by atoms with Gasteiger partial charge in [0.05, 0.1) is 5.60 Å². The summed E-state index contributed by atoms with van der Waals surface area (Å²) in [6.07, 6.45) is 6.85. The SMILES string of the molecule is CCCC(C)N(C)CC1(O)CCCC1. The van der Waals surface area contributed by atoms with Gasteiger partial charge in [0, 0.05) is 12.6 Å². The summed E-state index contributed by atoms with van der Waals surface area (Å²) in [5.41, 5.74) is -0.378. The number of aliphatic hydroxyl groups is 1. The van der Waals surface area contributed by atoms with Crippen LogP contribution in [0.2, 0.25) is 0 Å². The monoisotopic (exact) mass is 199 g/mol. The summed E-state index contributed by atoms with van der Waals surface area (Å²) in [6, 6.07) is 0.602. The topological polar surface area (TPSA) is 23.5 Å². The first-order valence-electron chi connectivity index (χ1n) is 6.00. The Bertz CT molecular complexity index is 164. The summed E-state index contributed by atoms with van der Waals surface area (Å²) < 4.78 is 0. The molecule has 1 unspecified atom stereocenters. The Balaban J connectivity index is 2.34. The van der Waals surface area contributed by atoms with Crippen molar-refractivity contribution < 1.29 is 5.11 Å².